The number of hydrogen-bond acceptors (Lipinski definition) is 11. The van der Waals surface area contributed by atoms with E-state index in [1.165, 1.54) is 10.4 Å². The first-order chi connectivity index (χ1) is 33.5. The predicted octanol–water partition coefficient (Wildman–Crippen LogP) is 11.5. The molecule has 0 amide bonds. The number of methoxy groups -OCH3 is 2. The monoisotopic (exact) mass is 962 g/mol. The van der Waals surface area contributed by atoms with Gasteiger partial charge in [-0.05, 0) is 131 Å². The molecule has 4 heterocycles. The van der Waals surface area contributed by atoms with E-state index in [1.807, 2.05) is 99.9 Å². The van der Waals surface area contributed by atoms with Crippen LogP contribution in [0.5, 0.6) is 23.0 Å². The quantitative estimate of drug-likeness (QED) is 0.0825. The highest BCUT2D eigenvalue weighted by Gasteiger charge is 2.32. The molecule has 2 aromatic heterocycles. The third kappa shape index (κ3) is 10.6. The average Bonchev–Trinajstić information content (AvgIpc) is 3.84. The van der Waals surface area contributed by atoms with Crippen LogP contribution in [0, 0.1) is 20.8 Å². The SMILES string of the molecule is COc1cccc(-c2cc(C(=O)Cc3ccc(-c4ccc(OC5CCN(CC[C@@H]6N=C(c7ccc(Cl)cc7)c7c(sc(C)c7C)-n7c(C)nnc76)CC5)cc4OCCN(C)C)cc3)ccc2OC)c1. The summed E-state index contributed by atoms with van der Waals surface area (Å²) >= 11 is 8.12. The minimum absolute atomic E-state index is 0.0234. The molecule has 0 spiro atoms. The maximum absolute atomic E-state index is 13.7. The van der Waals surface area contributed by atoms with Crippen molar-refractivity contribution in [3.05, 3.63) is 159 Å². The molecular formula is C56H59ClN6O5S. The number of halogens is 1. The molecule has 5 aromatic carbocycles. The molecule has 13 heteroatoms. The van der Waals surface area contributed by atoms with Gasteiger partial charge in [-0.2, -0.15) is 0 Å². The van der Waals surface area contributed by atoms with Crippen molar-refractivity contribution in [2.24, 2.45) is 4.99 Å². The van der Waals surface area contributed by atoms with E-state index in [0.29, 0.717) is 22.9 Å². The lowest BCUT2D eigenvalue weighted by molar-refractivity contribution is 0.0983. The number of aromatic nitrogens is 3. The summed E-state index contributed by atoms with van der Waals surface area (Å²) in [6.45, 7) is 10.4. The van der Waals surface area contributed by atoms with E-state index < -0.39 is 0 Å². The molecule has 0 bridgehead atoms. The molecule has 2 aliphatic heterocycles. The third-order valence-electron chi connectivity index (χ3n) is 13.2. The van der Waals surface area contributed by atoms with Gasteiger partial charge in [-0.3, -0.25) is 14.4 Å². The van der Waals surface area contributed by atoms with E-state index in [2.05, 4.69) is 63.6 Å². The lowest BCUT2D eigenvalue weighted by atomic mass is 9.96. The number of thiophene rings is 1. The first-order valence-electron chi connectivity index (χ1n) is 23.6. The van der Waals surface area contributed by atoms with E-state index in [1.54, 1.807) is 25.6 Å². The molecule has 356 valence electrons. The molecule has 0 radical (unpaired) electrons. The van der Waals surface area contributed by atoms with Gasteiger partial charge in [-0.1, -0.05) is 60.1 Å². The van der Waals surface area contributed by atoms with Crippen LogP contribution in [-0.2, 0) is 6.42 Å². The van der Waals surface area contributed by atoms with Crippen LogP contribution >= 0.6 is 22.9 Å². The van der Waals surface area contributed by atoms with E-state index in [4.69, 9.17) is 40.6 Å². The van der Waals surface area contributed by atoms with Crippen LogP contribution in [0.25, 0.3) is 27.3 Å². The Hall–Kier alpha value is -6.31. The molecule has 2 aliphatic rings. The Morgan fingerprint density at radius 1 is 0.797 bits per heavy atom. The number of likely N-dealkylation sites (N-methyl/N-ethyl adjacent to an activating group) is 1. The molecular weight excluding hydrogens is 904 g/mol. The number of Topliss-reactive ketones (excluding diaryl/α,β-unsaturated/α-hetero) is 1. The van der Waals surface area contributed by atoms with Crippen molar-refractivity contribution in [2.75, 3.05) is 61.1 Å². The third-order valence-corrected chi connectivity index (χ3v) is 14.6. The average molecular weight is 964 g/mol. The van der Waals surface area contributed by atoms with Crippen LogP contribution in [-0.4, -0.2) is 103 Å². The second-order valence-corrected chi connectivity index (χ2v) is 19.7. The molecule has 1 atom stereocenters. The number of ketones is 1. The number of nitrogens with zero attached hydrogens (tertiary/aromatic N) is 6. The zero-order valence-corrected chi connectivity index (χ0v) is 42.0. The number of aryl methyl sites for hydroxylation is 2. The van der Waals surface area contributed by atoms with Gasteiger partial charge in [0.1, 0.15) is 52.6 Å². The van der Waals surface area contributed by atoms with Gasteiger partial charge in [0.25, 0.3) is 0 Å². The van der Waals surface area contributed by atoms with Crippen LogP contribution in [0.1, 0.15) is 74.4 Å². The van der Waals surface area contributed by atoms with Crippen molar-refractivity contribution < 1.29 is 23.7 Å². The molecule has 69 heavy (non-hydrogen) atoms. The summed E-state index contributed by atoms with van der Waals surface area (Å²) in [5.74, 6) is 4.77. The van der Waals surface area contributed by atoms with Gasteiger partial charge < -0.3 is 28.7 Å². The molecule has 7 aromatic rings. The first-order valence-corrected chi connectivity index (χ1v) is 24.8. The maximum atomic E-state index is 13.7. The van der Waals surface area contributed by atoms with Gasteiger partial charge in [-0.25, -0.2) is 0 Å². The molecule has 11 nitrogen and oxygen atoms in total. The van der Waals surface area contributed by atoms with Crippen molar-refractivity contribution in [3.63, 3.8) is 0 Å². The largest absolute Gasteiger partial charge is 0.497 e. The van der Waals surface area contributed by atoms with Gasteiger partial charge in [0.2, 0.25) is 0 Å². The molecule has 1 saturated heterocycles. The summed E-state index contributed by atoms with van der Waals surface area (Å²) in [5, 5.41) is 11.1. The van der Waals surface area contributed by atoms with Gasteiger partial charge in [0.05, 0.1) is 19.9 Å². The fourth-order valence-electron chi connectivity index (χ4n) is 9.20. The number of aliphatic imine (C=N–C) groups is 1. The topological polar surface area (TPSA) is 104 Å². The zero-order valence-electron chi connectivity index (χ0n) is 40.4. The number of fused-ring (bicyclic) bond motifs is 3. The van der Waals surface area contributed by atoms with E-state index >= 15 is 0 Å². The fourth-order valence-corrected chi connectivity index (χ4v) is 10.5. The van der Waals surface area contributed by atoms with E-state index in [-0.39, 0.29) is 24.3 Å². The highest BCUT2D eigenvalue weighted by Crippen LogP contribution is 2.41. The Balaban J connectivity index is 0.854. The summed E-state index contributed by atoms with van der Waals surface area (Å²) in [5.41, 5.74) is 9.69. The second kappa shape index (κ2) is 21.1. The molecule has 0 unspecified atom stereocenters. The highest BCUT2D eigenvalue weighted by molar-refractivity contribution is 7.15. The summed E-state index contributed by atoms with van der Waals surface area (Å²) in [7, 11) is 7.36. The van der Waals surface area contributed by atoms with Crippen LogP contribution in [0.15, 0.2) is 114 Å². The normalized spacial score (nSPS) is 15.0. The number of carbonyl (C=O) groups excluding carboxylic acids is 1. The predicted molar refractivity (Wildman–Crippen MR) is 277 cm³/mol. The van der Waals surface area contributed by atoms with Crippen LogP contribution in [0.2, 0.25) is 5.02 Å². The van der Waals surface area contributed by atoms with Gasteiger partial charge in [0, 0.05) is 76.4 Å². The maximum Gasteiger partial charge on any atom is 0.167 e. The highest BCUT2D eigenvalue weighted by atomic mass is 35.5. The minimum atomic E-state index is -0.160. The number of hydrogen-bond donors (Lipinski definition) is 0. The van der Waals surface area contributed by atoms with Gasteiger partial charge >= 0.3 is 0 Å². The van der Waals surface area contributed by atoms with Gasteiger partial charge in [-0.15, -0.1) is 21.5 Å². The Kier molecular flexibility index (Phi) is 14.6. The Bertz CT molecular complexity index is 2970. The zero-order chi connectivity index (χ0) is 48.2. The number of carbonyl (C=O) groups is 1. The van der Waals surface area contributed by atoms with Crippen molar-refractivity contribution in [3.8, 4) is 50.3 Å². The summed E-state index contributed by atoms with van der Waals surface area (Å²) in [6, 6.07) is 35.5. The van der Waals surface area contributed by atoms with Crippen molar-refractivity contribution in [2.45, 2.75) is 58.6 Å². The number of piperidine rings is 1. The van der Waals surface area contributed by atoms with Crippen molar-refractivity contribution in [1.29, 1.82) is 0 Å². The summed E-state index contributed by atoms with van der Waals surface area (Å²) < 4.78 is 26.5. The fraction of sp³-hybridized carbons (Fsp3) is 0.321. The number of benzene rings is 5. The standard InChI is InChI=1S/C56H59ClN6O5S/c1-35-36(2)69-56-53(35)54(40-15-18-43(57)19-16-40)58-49(55-60-59-37(3)63(55)56)25-28-62-26-23-44(24-27-62)68-46-20-21-47(52(34-46)67-30-29-61(4)5)39-13-11-38(12-14-39)31-50(64)42-17-22-51(66-7)48(33-42)41-9-8-10-45(32-41)65-6/h8-22,32-34,44,49H,23-31H2,1-7H3/t49-/m0/s1. The summed E-state index contributed by atoms with van der Waals surface area (Å²) in [4.78, 5) is 25.0. The lowest BCUT2D eigenvalue weighted by Crippen LogP contribution is -2.39. The molecule has 0 saturated carbocycles. The number of rotatable bonds is 17. The van der Waals surface area contributed by atoms with E-state index in [0.717, 1.165) is 124 Å². The van der Waals surface area contributed by atoms with Crippen LogP contribution in [0.3, 0.4) is 0 Å². The summed E-state index contributed by atoms with van der Waals surface area (Å²) in [6.07, 6.45) is 2.98. The number of ether oxygens (including phenoxy) is 4. The molecule has 0 N–H and O–H groups in total. The first kappa shape index (κ1) is 47.7. The van der Waals surface area contributed by atoms with Gasteiger partial charge in [0.15, 0.2) is 11.6 Å². The van der Waals surface area contributed by atoms with Crippen LogP contribution < -0.4 is 18.9 Å². The Morgan fingerprint density at radius 3 is 2.30 bits per heavy atom. The van der Waals surface area contributed by atoms with Crippen molar-refractivity contribution in [1.82, 2.24) is 24.6 Å². The second-order valence-electron chi connectivity index (χ2n) is 18.1. The minimum Gasteiger partial charge on any atom is -0.497 e. The van der Waals surface area contributed by atoms with Crippen molar-refractivity contribution >= 4 is 34.4 Å². The molecule has 1 fully saturated rings. The van der Waals surface area contributed by atoms with E-state index in [9.17, 15) is 4.79 Å². The molecule has 0 aliphatic carbocycles. The molecule has 9 rings (SSSR count). The smallest absolute Gasteiger partial charge is 0.167 e. The Morgan fingerprint density at radius 2 is 1.57 bits per heavy atom. The number of likely N-dealkylation sites (tertiary alicyclic amines) is 1. The lowest BCUT2D eigenvalue weighted by Gasteiger charge is -2.32. The van der Waals surface area contributed by atoms with Crippen LogP contribution in [0.4, 0.5) is 0 Å². The Labute approximate surface area is 414 Å².